The molecule has 0 aromatic heterocycles. The molecule has 1 aliphatic heterocycles. The summed E-state index contributed by atoms with van der Waals surface area (Å²) in [4.78, 5) is 14.3. The maximum absolute atomic E-state index is 11.8. The van der Waals surface area contributed by atoms with E-state index < -0.39 is 0 Å². The molecule has 4 nitrogen and oxygen atoms in total. The van der Waals surface area contributed by atoms with Gasteiger partial charge in [0.25, 0.3) is 0 Å². The van der Waals surface area contributed by atoms with Gasteiger partial charge in [0, 0.05) is 18.5 Å². The second-order valence-electron chi connectivity index (χ2n) is 6.93. The van der Waals surface area contributed by atoms with Crippen LogP contribution in [0.2, 0.25) is 0 Å². The molecule has 1 saturated heterocycles. The van der Waals surface area contributed by atoms with Crippen molar-refractivity contribution in [3.8, 4) is 11.5 Å². The standard InChI is InChI=1S/C20H31NO3/c1-5-8-20(22)24-19-13-16(4)18(14-17(19)15(2)3)23-12-11-21-9-6-7-10-21/h13-15H,5-12H2,1-4H3. The van der Waals surface area contributed by atoms with Crippen molar-refractivity contribution >= 4 is 5.97 Å². The molecule has 1 aromatic rings. The smallest absolute Gasteiger partial charge is 0.311 e. The van der Waals surface area contributed by atoms with Gasteiger partial charge in [-0.1, -0.05) is 20.8 Å². The lowest BCUT2D eigenvalue weighted by Gasteiger charge is -2.19. The van der Waals surface area contributed by atoms with Crippen LogP contribution in [0.3, 0.4) is 0 Å². The first-order valence-corrected chi connectivity index (χ1v) is 9.21. The molecule has 134 valence electrons. The first kappa shape index (κ1) is 18.8. The van der Waals surface area contributed by atoms with Crippen LogP contribution in [0.15, 0.2) is 12.1 Å². The fraction of sp³-hybridized carbons (Fsp3) is 0.650. The van der Waals surface area contributed by atoms with Gasteiger partial charge < -0.3 is 9.47 Å². The van der Waals surface area contributed by atoms with Crippen LogP contribution in [0.4, 0.5) is 0 Å². The average molecular weight is 333 g/mol. The van der Waals surface area contributed by atoms with E-state index in [9.17, 15) is 4.79 Å². The summed E-state index contributed by atoms with van der Waals surface area (Å²) in [5, 5.41) is 0. The van der Waals surface area contributed by atoms with Crippen LogP contribution in [0, 0.1) is 6.92 Å². The van der Waals surface area contributed by atoms with E-state index >= 15 is 0 Å². The van der Waals surface area contributed by atoms with Crippen molar-refractivity contribution < 1.29 is 14.3 Å². The molecule has 0 atom stereocenters. The number of nitrogens with zero attached hydrogens (tertiary/aromatic N) is 1. The molecule has 0 saturated carbocycles. The zero-order valence-corrected chi connectivity index (χ0v) is 15.6. The van der Waals surface area contributed by atoms with E-state index in [1.165, 1.54) is 25.9 Å². The van der Waals surface area contributed by atoms with Crippen LogP contribution in [-0.4, -0.2) is 37.1 Å². The number of carbonyl (C=O) groups is 1. The molecular weight excluding hydrogens is 302 g/mol. The molecule has 1 aromatic carbocycles. The van der Waals surface area contributed by atoms with Crippen LogP contribution >= 0.6 is 0 Å². The first-order chi connectivity index (χ1) is 11.5. The number of aryl methyl sites for hydroxylation is 1. The van der Waals surface area contributed by atoms with Crippen molar-refractivity contribution in [1.29, 1.82) is 0 Å². The van der Waals surface area contributed by atoms with Crippen LogP contribution in [0.25, 0.3) is 0 Å². The molecule has 4 heteroatoms. The summed E-state index contributed by atoms with van der Waals surface area (Å²) in [5.41, 5.74) is 2.04. The Morgan fingerprint density at radius 2 is 1.92 bits per heavy atom. The first-order valence-electron chi connectivity index (χ1n) is 9.21. The minimum absolute atomic E-state index is 0.165. The Labute approximate surface area is 146 Å². The maximum Gasteiger partial charge on any atom is 0.311 e. The van der Waals surface area contributed by atoms with Gasteiger partial charge in [-0.25, -0.2) is 0 Å². The van der Waals surface area contributed by atoms with Crippen molar-refractivity contribution in [3.63, 3.8) is 0 Å². The molecule has 0 amide bonds. The van der Waals surface area contributed by atoms with E-state index in [2.05, 4.69) is 18.7 Å². The lowest BCUT2D eigenvalue weighted by atomic mass is 9.99. The lowest BCUT2D eigenvalue weighted by Crippen LogP contribution is -2.25. The largest absolute Gasteiger partial charge is 0.492 e. The van der Waals surface area contributed by atoms with E-state index in [4.69, 9.17) is 9.47 Å². The van der Waals surface area contributed by atoms with Crippen LogP contribution in [-0.2, 0) is 4.79 Å². The summed E-state index contributed by atoms with van der Waals surface area (Å²) < 4.78 is 11.6. The van der Waals surface area contributed by atoms with Crippen molar-refractivity contribution in [2.24, 2.45) is 0 Å². The van der Waals surface area contributed by atoms with Gasteiger partial charge in [-0.15, -0.1) is 0 Å². The number of benzene rings is 1. The minimum Gasteiger partial charge on any atom is -0.492 e. The Hall–Kier alpha value is -1.55. The molecule has 1 fully saturated rings. The second kappa shape index (κ2) is 9.07. The van der Waals surface area contributed by atoms with Gasteiger partial charge in [0.05, 0.1) is 0 Å². The van der Waals surface area contributed by atoms with E-state index in [0.717, 1.165) is 29.8 Å². The highest BCUT2D eigenvalue weighted by Crippen LogP contribution is 2.33. The highest BCUT2D eigenvalue weighted by atomic mass is 16.5. The Morgan fingerprint density at radius 1 is 1.21 bits per heavy atom. The molecule has 0 aliphatic carbocycles. The molecular formula is C20H31NO3. The zero-order chi connectivity index (χ0) is 17.5. The number of hydrogen-bond donors (Lipinski definition) is 0. The number of likely N-dealkylation sites (tertiary alicyclic amines) is 1. The van der Waals surface area contributed by atoms with Gasteiger partial charge in [0.1, 0.15) is 18.1 Å². The van der Waals surface area contributed by atoms with Crippen LogP contribution in [0.5, 0.6) is 11.5 Å². The number of ether oxygens (including phenoxy) is 2. The Balaban J connectivity index is 2.05. The summed E-state index contributed by atoms with van der Waals surface area (Å²) in [5.74, 6) is 1.68. The molecule has 0 unspecified atom stereocenters. The van der Waals surface area contributed by atoms with Crippen LogP contribution < -0.4 is 9.47 Å². The Kier molecular flexibility index (Phi) is 7.10. The van der Waals surface area contributed by atoms with Gasteiger partial charge in [0.15, 0.2) is 0 Å². The summed E-state index contributed by atoms with van der Waals surface area (Å²) in [6.45, 7) is 12.3. The molecule has 0 spiro atoms. The van der Waals surface area contributed by atoms with E-state index in [-0.39, 0.29) is 11.9 Å². The minimum atomic E-state index is -0.165. The van der Waals surface area contributed by atoms with E-state index in [1.807, 2.05) is 26.0 Å². The van der Waals surface area contributed by atoms with Crippen molar-refractivity contribution in [3.05, 3.63) is 23.3 Å². The predicted octanol–water partition coefficient (Wildman–Crippen LogP) is 4.30. The van der Waals surface area contributed by atoms with E-state index in [0.29, 0.717) is 18.8 Å². The maximum atomic E-state index is 11.8. The fourth-order valence-electron chi connectivity index (χ4n) is 3.04. The quantitative estimate of drug-likeness (QED) is 0.525. The van der Waals surface area contributed by atoms with Gasteiger partial charge in [-0.2, -0.15) is 0 Å². The third-order valence-electron chi connectivity index (χ3n) is 4.47. The van der Waals surface area contributed by atoms with Gasteiger partial charge in [0.2, 0.25) is 0 Å². The van der Waals surface area contributed by atoms with E-state index in [1.54, 1.807) is 0 Å². The van der Waals surface area contributed by atoms with Crippen molar-refractivity contribution in [1.82, 2.24) is 4.90 Å². The molecule has 1 aliphatic rings. The fourth-order valence-corrected chi connectivity index (χ4v) is 3.04. The van der Waals surface area contributed by atoms with Crippen LogP contribution in [0.1, 0.15) is 63.5 Å². The number of hydrogen-bond acceptors (Lipinski definition) is 4. The zero-order valence-electron chi connectivity index (χ0n) is 15.6. The highest BCUT2D eigenvalue weighted by molar-refractivity contribution is 5.73. The molecule has 2 rings (SSSR count). The monoisotopic (exact) mass is 333 g/mol. The SMILES string of the molecule is CCCC(=O)Oc1cc(C)c(OCCN2CCCC2)cc1C(C)C. The molecule has 1 heterocycles. The molecule has 24 heavy (non-hydrogen) atoms. The normalized spacial score (nSPS) is 15.0. The number of esters is 1. The van der Waals surface area contributed by atoms with Gasteiger partial charge in [-0.05, 0) is 62.9 Å². The summed E-state index contributed by atoms with van der Waals surface area (Å²) >= 11 is 0. The Morgan fingerprint density at radius 3 is 2.54 bits per heavy atom. The van der Waals surface area contributed by atoms with Crippen molar-refractivity contribution in [2.75, 3.05) is 26.2 Å². The van der Waals surface area contributed by atoms with Gasteiger partial charge >= 0.3 is 5.97 Å². The predicted molar refractivity (Wildman–Crippen MR) is 97.0 cm³/mol. The highest BCUT2D eigenvalue weighted by Gasteiger charge is 2.16. The molecule has 0 bridgehead atoms. The van der Waals surface area contributed by atoms with Gasteiger partial charge in [-0.3, -0.25) is 9.69 Å². The third kappa shape index (κ3) is 5.23. The summed E-state index contributed by atoms with van der Waals surface area (Å²) in [6, 6.07) is 3.98. The second-order valence-corrected chi connectivity index (χ2v) is 6.93. The summed E-state index contributed by atoms with van der Waals surface area (Å²) in [6.07, 6.45) is 3.85. The lowest BCUT2D eigenvalue weighted by molar-refractivity contribution is -0.134. The molecule has 0 N–H and O–H groups in total. The topological polar surface area (TPSA) is 38.8 Å². The Bertz CT molecular complexity index is 548. The summed E-state index contributed by atoms with van der Waals surface area (Å²) in [7, 11) is 0. The third-order valence-corrected chi connectivity index (χ3v) is 4.47. The average Bonchev–Trinajstić information content (AvgIpc) is 3.02. The number of carbonyl (C=O) groups excluding carboxylic acids is 1. The van der Waals surface area contributed by atoms with Crippen molar-refractivity contribution in [2.45, 2.75) is 59.3 Å². The number of rotatable bonds is 8. The molecule has 0 radical (unpaired) electrons.